The fourth-order valence-corrected chi connectivity index (χ4v) is 4.60. The smallest absolute Gasteiger partial charge is 0.253 e. The van der Waals surface area contributed by atoms with Crippen LogP contribution in [0, 0.1) is 5.92 Å². The first-order valence-corrected chi connectivity index (χ1v) is 9.18. The van der Waals surface area contributed by atoms with E-state index in [1.807, 2.05) is 53.0 Å². The first-order valence-electron chi connectivity index (χ1n) is 9.18. The van der Waals surface area contributed by atoms with E-state index in [-0.39, 0.29) is 5.91 Å². The number of hydrogen-bond acceptors (Lipinski definition) is 2. The van der Waals surface area contributed by atoms with E-state index in [9.17, 15) is 4.79 Å². The lowest BCUT2D eigenvalue weighted by atomic mass is 9.94. The van der Waals surface area contributed by atoms with Crippen molar-refractivity contribution in [2.24, 2.45) is 13.0 Å². The molecule has 130 valence electrons. The molecule has 1 fully saturated rings. The Bertz CT molecular complexity index is 962. The number of carbonyl (C=O) groups is 1. The summed E-state index contributed by atoms with van der Waals surface area (Å²) < 4.78 is 2.04. The summed E-state index contributed by atoms with van der Waals surface area (Å²) in [6.07, 6.45) is 1.01. The third kappa shape index (κ3) is 2.29. The van der Waals surface area contributed by atoms with E-state index >= 15 is 0 Å². The number of aryl methyl sites for hydroxylation is 1. The summed E-state index contributed by atoms with van der Waals surface area (Å²) in [6, 6.07) is 20.0. The van der Waals surface area contributed by atoms with Crippen molar-refractivity contribution in [1.82, 2.24) is 14.7 Å². The van der Waals surface area contributed by atoms with Crippen LogP contribution in [0.5, 0.6) is 0 Å². The average Bonchev–Trinajstić information content (AvgIpc) is 3.33. The number of aromatic nitrogens is 2. The predicted octanol–water partition coefficient (Wildman–Crippen LogP) is 3.50. The number of likely N-dealkylation sites (tertiary alicyclic amines) is 1. The molecule has 5 rings (SSSR count). The third-order valence-corrected chi connectivity index (χ3v) is 5.83. The Labute approximate surface area is 153 Å². The van der Waals surface area contributed by atoms with Gasteiger partial charge in [-0.05, 0) is 24.5 Å². The molecule has 1 saturated heterocycles. The van der Waals surface area contributed by atoms with E-state index in [0.717, 1.165) is 36.3 Å². The minimum atomic E-state index is 0.145. The Kier molecular flexibility index (Phi) is 3.45. The molecule has 0 radical (unpaired) electrons. The molecule has 4 heteroatoms. The summed E-state index contributed by atoms with van der Waals surface area (Å²) in [5.41, 5.74) is 5.72. The van der Waals surface area contributed by atoms with Crippen LogP contribution in [0.25, 0.3) is 11.3 Å². The van der Waals surface area contributed by atoms with Gasteiger partial charge >= 0.3 is 0 Å². The molecule has 1 aliphatic heterocycles. The van der Waals surface area contributed by atoms with Gasteiger partial charge < -0.3 is 4.90 Å². The van der Waals surface area contributed by atoms with Gasteiger partial charge in [0.1, 0.15) is 0 Å². The molecular formula is C22H21N3O. The van der Waals surface area contributed by atoms with Gasteiger partial charge in [0.15, 0.2) is 0 Å². The van der Waals surface area contributed by atoms with Crippen molar-refractivity contribution in [3.8, 4) is 11.3 Å². The van der Waals surface area contributed by atoms with Crippen molar-refractivity contribution >= 4 is 5.91 Å². The molecule has 1 amide bonds. The second-order valence-corrected chi connectivity index (χ2v) is 7.35. The second-order valence-electron chi connectivity index (χ2n) is 7.35. The van der Waals surface area contributed by atoms with Gasteiger partial charge in [-0.1, -0.05) is 48.5 Å². The molecular weight excluding hydrogens is 322 g/mol. The Morgan fingerprint density at radius 1 is 1.00 bits per heavy atom. The summed E-state index contributed by atoms with van der Waals surface area (Å²) in [5.74, 6) is 1.04. The Balaban J connectivity index is 1.48. The maximum atomic E-state index is 12.9. The SMILES string of the molecule is Cn1nc(-c2ccccc2)c2c1C[C@H]1CN(C(=O)c3ccccc3)C[C@@H]21. The number of nitrogens with zero attached hydrogens (tertiary/aromatic N) is 3. The Morgan fingerprint density at radius 2 is 1.69 bits per heavy atom. The maximum Gasteiger partial charge on any atom is 0.253 e. The van der Waals surface area contributed by atoms with Crippen molar-refractivity contribution in [1.29, 1.82) is 0 Å². The molecule has 1 aromatic heterocycles. The van der Waals surface area contributed by atoms with E-state index in [0.29, 0.717) is 11.8 Å². The lowest BCUT2D eigenvalue weighted by Gasteiger charge is -2.17. The molecule has 1 aliphatic carbocycles. The van der Waals surface area contributed by atoms with Crippen LogP contribution in [0.2, 0.25) is 0 Å². The quantitative estimate of drug-likeness (QED) is 0.714. The minimum absolute atomic E-state index is 0.145. The van der Waals surface area contributed by atoms with Gasteiger partial charge in [0.25, 0.3) is 5.91 Å². The number of benzene rings is 2. The Hall–Kier alpha value is -2.88. The molecule has 2 aromatic carbocycles. The fraction of sp³-hybridized carbons (Fsp3) is 0.273. The van der Waals surface area contributed by atoms with Crippen molar-refractivity contribution in [3.05, 3.63) is 77.5 Å². The van der Waals surface area contributed by atoms with Crippen molar-refractivity contribution in [3.63, 3.8) is 0 Å². The molecule has 0 spiro atoms. The van der Waals surface area contributed by atoms with Gasteiger partial charge in [-0.25, -0.2) is 0 Å². The highest BCUT2D eigenvalue weighted by atomic mass is 16.2. The maximum absolute atomic E-state index is 12.9. The summed E-state index contributed by atoms with van der Waals surface area (Å²) in [5, 5.41) is 4.80. The van der Waals surface area contributed by atoms with Crippen LogP contribution in [-0.2, 0) is 13.5 Å². The molecule has 3 aromatic rings. The molecule has 26 heavy (non-hydrogen) atoms. The summed E-state index contributed by atoms with van der Waals surface area (Å²) in [7, 11) is 2.04. The van der Waals surface area contributed by atoms with Gasteiger partial charge in [-0.3, -0.25) is 9.48 Å². The number of fused-ring (bicyclic) bond motifs is 3. The van der Waals surface area contributed by atoms with Crippen LogP contribution in [0.1, 0.15) is 27.5 Å². The molecule has 0 N–H and O–H groups in total. The van der Waals surface area contributed by atoms with Crippen LogP contribution < -0.4 is 0 Å². The summed E-state index contributed by atoms with van der Waals surface area (Å²) in [4.78, 5) is 14.9. The molecule has 0 saturated carbocycles. The zero-order valence-corrected chi connectivity index (χ0v) is 14.8. The van der Waals surface area contributed by atoms with Crippen molar-refractivity contribution < 1.29 is 4.79 Å². The average molecular weight is 343 g/mol. The van der Waals surface area contributed by atoms with E-state index < -0.39 is 0 Å². The number of carbonyl (C=O) groups excluding carboxylic acids is 1. The largest absolute Gasteiger partial charge is 0.338 e. The number of rotatable bonds is 2. The zero-order valence-electron chi connectivity index (χ0n) is 14.8. The van der Waals surface area contributed by atoms with Crippen LogP contribution in [-0.4, -0.2) is 33.7 Å². The molecule has 0 unspecified atom stereocenters. The lowest BCUT2D eigenvalue weighted by Crippen LogP contribution is -2.29. The predicted molar refractivity (Wildman–Crippen MR) is 101 cm³/mol. The second kappa shape index (κ2) is 5.84. The first-order chi connectivity index (χ1) is 12.7. The third-order valence-electron chi connectivity index (χ3n) is 5.83. The lowest BCUT2D eigenvalue weighted by molar-refractivity contribution is 0.0785. The highest BCUT2D eigenvalue weighted by molar-refractivity contribution is 5.94. The van der Waals surface area contributed by atoms with Crippen LogP contribution in [0.4, 0.5) is 0 Å². The molecule has 2 aliphatic rings. The van der Waals surface area contributed by atoms with Crippen molar-refractivity contribution in [2.45, 2.75) is 12.3 Å². The first kappa shape index (κ1) is 15.4. The van der Waals surface area contributed by atoms with Crippen LogP contribution in [0.15, 0.2) is 60.7 Å². The molecule has 2 heterocycles. The van der Waals surface area contributed by atoms with Gasteiger partial charge in [-0.2, -0.15) is 5.10 Å². The van der Waals surface area contributed by atoms with Crippen molar-refractivity contribution in [2.75, 3.05) is 13.1 Å². The highest BCUT2D eigenvalue weighted by Crippen LogP contribution is 2.47. The molecule has 2 atom stereocenters. The number of amides is 1. The van der Waals surface area contributed by atoms with Gasteiger partial charge in [0.2, 0.25) is 0 Å². The zero-order chi connectivity index (χ0) is 17.7. The number of hydrogen-bond donors (Lipinski definition) is 0. The molecule has 0 bridgehead atoms. The summed E-state index contributed by atoms with van der Waals surface area (Å²) >= 11 is 0. The standard InChI is InChI=1S/C22H21N3O/c1-24-19-12-17-13-25(22(26)16-10-6-3-7-11-16)14-18(17)20(19)21(23-24)15-8-4-2-5-9-15/h2-11,17-18H,12-14H2,1H3/t17-,18+/m0/s1. The summed E-state index contributed by atoms with van der Waals surface area (Å²) in [6.45, 7) is 1.62. The normalized spacial score (nSPS) is 20.9. The van der Waals surface area contributed by atoms with Crippen LogP contribution in [0.3, 0.4) is 0 Å². The molecule has 4 nitrogen and oxygen atoms in total. The van der Waals surface area contributed by atoms with Crippen LogP contribution >= 0.6 is 0 Å². The van der Waals surface area contributed by atoms with Gasteiger partial charge in [0, 0.05) is 48.4 Å². The van der Waals surface area contributed by atoms with E-state index in [1.165, 1.54) is 11.3 Å². The highest BCUT2D eigenvalue weighted by Gasteiger charge is 2.45. The fourth-order valence-electron chi connectivity index (χ4n) is 4.60. The van der Waals surface area contributed by atoms with E-state index in [4.69, 9.17) is 5.10 Å². The monoisotopic (exact) mass is 343 g/mol. The van der Waals surface area contributed by atoms with E-state index in [2.05, 4.69) is 24.3 Å². The minimum Gasteiger partial charge on any atom is -0.338 e. The van der Waals surface area contributed by atoms with E-state index in [1.54, 1.807) is 0 Å². The topological polar surface area (TPSA) is 38.1 Å². The van der Waals surface area contributed by atoms with Gasteiger partial charge in [0.05, 0.1) is 5.69 Å². The van der Waals surface area contributed by atoms with Gasteiger partial charge in [-0.15, -0.1) is 0 Å². The Morgan fingerprint density at radius 3 is 2.42 bits per heavy atom.